The van der Waals surface area contributed by atoms with Gasteiger partial charge in [-0.3, -0.25) is 14.4 Å². The minimum Gasteiger partial charge on any atom is -0.452 e. The molecule has 0 bridgehead atoms. The van der Waals surface area contributed by atoms with Crippen LogP contribution in [-0.4, -0.2) is 42.6 Å². The van der Waals surface area contributed by atoms with Gasteiger partial charge in [0.05, 0.1) is 17.9 Å². The lowest BCUT2D eigenvalue weighted by Gasteiger charge is -2.13. The molecule has 9 heteroatoms. The number of primary amides is 1. The second-order valence-corrected chi connectivity index (χ2v) is 7.94. The summed E-state index contributed by atoms with van der Waals surface area (Å²) in [7, 11) is 0. The third-order valence-electron chi connectivity index (χ3n) is 4.20. The first-order chi connectivity index (χ1) is 14.7. The molecular weight excluding hydrogens is 418 g/mol. The number of hydrogen-bond donors (Lipinski definition) is 3. The number of rotatable bonds is 9. The fourth-order valence-corrected chi connectivity index (χ4v) is 3.69. The zero-order valence-electron chi connectivity index (χ0n) is 17.6. The number of hydrogen-bond acceptors (Lipinski definition) is 6. The molecule has 0 spiro atoms. The van der Waals surface area contributed by atoms with Crippen LogP contribution in [0.3, 0.4) is 0 Å². The molecule has 0 aliphatic heterocycles. The Labute approximate surface area is 184 Å². The van der Waals surface area contributed by atoms with Gasteiger partial charge in [-0.2, -0.15) is 0 Å². The van der Waals surface area contributed by atoms with E-state index in [1.54, 1.807) is 18.2 Å². The Bertz CT molecular complexity index is 983. The highest BCUT2D eigenvalue weighted by Crippen LogP contribution is 2.23. The molecule has 0 aliphatic carbocycles. The van der Waals surface area contributed by atoms with Crippen molar-refractivity contribution in [1.29, 1.82) is 0 Å². The molecule has 31 heavy (non-hydrogen) atoms. The average Bonchev–Trinajstić information content (AvgIpc) is 2.71. The van der Waals surface area contributed by atoms with E-state index in [9.17, 15) is 19.2 Å². The van der Waals surface area contributed by atoms with E-state index in [4.69, 9.17) is 10.5 Å². The summed E-state index contributed by atoms with van der Waals surface area (Å²) in [6.45, 7) is 4.97. The van der Waals surface area contributed by atoms with Crippen LogP contribution < -0.4 is 16.4 Å². The van der Waals surface area contributed by atoms with Crippen LogP contribution in [0.1, 0.15) is 27.0 Å². The first-order valence-corrected chi connectivity index (χ1v) is 10.5. The van der Waals surface area contributed by atoms with Crippen LogP contribution >= 0.6 is 11.8 Å². The van der Waals surface area contributed by atoms with Crippen molar-refractivity contribution in [3.05, 3.63) is 58.7 Å². The van der Waals surface area contributed by atoms with Crippen LogP contribution in [0.15, 0.2) is 41.3 Å². The number of anilines is 1. The maximum absolute atomic E-state index is 12.3. The minimum absolute atomic E-state index is 0.0137. The lowest BCUT2D eigenvalue weighted by atomic mass is 10.1. The van der Waals surface area contributed by atoms with E-state index >= 15 is 0 Å². The summed E-state index contributed by atoms with van der Waals surface area (Å²) in [4.78, 5) is 47.9. The lowest BCUT2D eigenvalue weighted by Crippen LogP contribution is -2.35. The second-order valence-electron chi connectivity index (χ2n) is 6.93. The van der Waals surface area contributed by atoms with E-state index in [0.29, 0.717) is 10.6 Å². The first kappa shape index (κ1) is 23.9. The highest BCUT2D eigenvalue weighted by Gasteiger charge is 2.16. The van der Waals surface area contributed by atoms with E-state index in [1.165, 1.54) is 6.07 Å². The summed E-state index contributed by atoms with van der Waals surface area (Å²) in [5, 5.41) is 5.20. The Kier molecular flexibility index (Phi) is 8.63. The Morgan fingerprint density at radius 3 is 2.29 bits per heavy atom. The summed E-state index contributed by atoms with van der Waals surface area (Å²) in [5.41, 5.74) is 9.02. The summed E-state index contributed by atoms with van der Waals surface area (Å²) >= 11 is 1.11. The van der Waals surface area contributed by atoms with Gasteiger partial charge in [0.15, 0.2) is 6.61 Å². The van der Waals surface area contributed by atoms with Crippen LogP contribution in [0.2, 0.25) is 0 Å². The Morgan fingerprint density at radius 2 is 1.65 bits per heavy atom. The molecule has 0 fully saturated rings. The van der Waals surface area contributed by atoms with Gasteiger partial charge in [-0.25, -0.2) is 4.79 Å². The van der Waals surface area contributed by atoms with E-state index in [2.05, 4.69) is 10.6 Å². The van der Waals surface area contributed by atoms with Gasteiger partial charge in [0, 0.05) is 10.6 Å². The molecule has 2 rings (SSSR count). The molecule has 0 aliphatic rings. The molecule has 8 nitrogen and oxygen atoms in total. The van der Waals surface area contributed by atoms with Crippen LogP contribution in [0.5, 0.6) is 0 Å². The maximum Gasteiger partial charge on any atom is 0.339 e. The summed E-state index contributed by atoms with van der Waals surface area (Å²) in [5.74, 6) is -2.20. The fraction of sp³-hybridized carbons (Fsp3) is 0.273. The zero-order chi connectivity index (χ0) is 23.0. The van der Waals surface area contributed by atoms with Crippen LogP contribution in [0.4, 0.5) is 5.69 Å². The molecular formula is C22H25N3O5S. The molecule has 0 saturated carbocycles. The third-order valence-corrected chi connectivity index (χ3v) is 5.29. The summed E-state index contributed by atoms with van der Waals surface area (Å²) in [6.07, 6.45) is 0. The molecule has 0 atom stereocenters. The molecule has 2 aromatic carbocycles. The van der Waals surface area contributed by atoms with Crippen molar-refractivity contribution in [2.75, 3.05) is 24.2 Å². The van der Waals surface area contributed by atoms with Gasteiger partial charge in [0.1, 0.15) is 0 Å². The first-order valence-electron chi connectivity index (χ1n) is 9.49. The van der Waals surface area contributed by atoms with E-state index in [-0.39, 0.29) is 23.8 Å². The highest BCUT2D eigenvalue weighted by molar-refractivity contribution is 8.00. The smallest absolute Gasteiger partial charge is 0.339 e. The number of amides is 3. The number of aryl methyl sites for hydroxylation is 3. The molecule has 2 aromatic rings. The Balaban J connectivity index is 1.84. The highest BCUT2D eigenvalue weighted by atomic mass is 32.2. The number of carbonyl (C=O) groups is 4. The second kappa shape index (κ2) is 11.2. The van der Waals surface area contributed by atoms with Gasteiger partial charge in [-0.15, -0.1) is 11.8 Å². The number of ether oxygens (including phenoxy) is 1. The topological polar surface area (TPSA) is 128 Å². The molecule has 0 heterocycles. The number of nitrogens with one attached hydrogen (secondary N) is 2. The van der Waals surface area contributed by atoms with Crippen LogP contribution in [-0.2, 0) is 19.1 Å². The molecule has 0 radical (unpaired) electrons. The van der Waals surface area contributed by atoms with Gasteiger partial charge in [0.25, 0.3) is 5.91 Å². The van der Waals surface area contributed by atoms with Gasteiger partial charge in [-0.05, 0) is 44.0 Å². The number of thioether (sulfide) groups is 1. The van der Waals surface area contributed by atoms with Crippen LogP contribution in [0, 0.1) is 20.8 Å². The lowest BCUT2D eigenvalue weighted by molar-refractivity contribution is -0.126. The maximum atomic E-state index is 12.3. The van der Waals surface area contributed by atoms with E-state index in [0.717, 1.165) is 28.5 Å². The summed E-state index contributed by atoms with van der Waals surface area (Å²) in [6, 6.07) is 10.5. The number of esters is 1. The average molecular weight is 444 g/mol. The fourth-order valence-electron chi connectivity index (χ4n) is 2.91. The van der Waals surface area contributed by atoms with Crippen LogP contribution in [0.25, 0.3) is 0 Å². The third kappa shape index (κ3) is 7.45. The zero-order valence-corrected chi connectivity index (χ0v) is 18.4. The van der Waals surface area contributed by atoms with Gasteiger partial charge in [0.2, 0.25) is 11.8 Å². The monoisotopic (exact) mass is 443 g/mol. The van der Waals surface area contributed by atoms with Crippen molar-refractivity contribution in [1.82, 2.24) is 5.32 Å². The quantitative estimate of drug-likeness (QED) is 0.402. The molecule has 164 valence electrons. The molecule has 3 amide bonds. The van der Waals surface area contributed by atoms with E-state index in [1.807, 2.05) is 32.9 Å². The van der Waals surface area contributed by atoms with Crippen molar-refractivity contribution in [3.8, 4) is 0 Å². The number of benzene rings is 2. The Morgan fingerprint density at radius 1 is 1.00 bits per heavy atom. The van der Waals surface area contributed by atoms with Gasteiger partial charge >= 0.3 is 5.97 Å². The summed E-state index contributed by atoms with van der Waals surface area (Å²) < 4.78 is 5.03. The SMILES string of the molecule is Cc1cc(C)c(NC(=O)CNC(=O)COC(=O)c2ccccc2SCC(N)=O)c(C)c1. The van der Waals surface area contributed by atoms with Crippen molar-refractivity contribution in [3.63, 3.8) is 0 Å². The normalized spacial score (nSPS) is 10.3. The van der Waals surface area contributed by atoms with Crippen molar-refractivity contribution < 1.29 is 23.9 Å². The Hall–Kier alpha value is -3.33. The molecule has 0 unspecified atom stereocenters. The molecule has 4 N–H and O–H groups in total. The van der Waals surface area contributed by atoms with Gasteiger partial charge in [-0.1, -0.05) is 29.8 Å². The predicted molar refractivity (Wildman–Crippen MR) is 119 cm³/mol. The van der Waals surface area contributed by atoms with Crippen molar-refractivity contribution >= 4 is 41.1 Å². The number of carbonyl (C=O) groups excluding carboxylic acids is 4. The largest absolute Gasteiger partial charge is 0.452 e. The molecule has 0 aromatic heterocycles. The van der Waals surface area contributed by atoms with Crippen molar-refractivity contribution in [2.45, 2.75) is 25.7 Å². The van der Waals surface area contributed by atoms with E-state index < -0.39 is 24.4 Å². The standard InChI is InChI=1S/C22H25N3O5S/c1-13-8-14(2)21(15(3)9-13)25-19(27)10-24-20(28)11-30-22(29)16-6-4-5-7-17(16)31-12-18(23)26/h4-9H,10-12H2,1-3H3,(H2,23,26)(H,24,28)(H,25,27). The van der Waals surface area contributed by atoms with Gasteiger partial charge < -0.3 is 21.1 Å². The minimum atomic E-state index is -0.710. The van der Waals surface area contributed by atoms with Crippen molar-refractivity contribution in [2.24, 2.45) is 5.73 Å². The number of nitrogens with two attached hydrogens (primary N) is 1. The molecule has 0 saturated heterocycles. The predicted octanol–water partition coefficient (Wildman–Crippen LogP) is 2.10.